The van der Waals surface area contributed by atoms with Crippen LogP contribution in [0.4, 0.5) is 4.39 Å². The number of carbonyl (C=O) groups excluding carboxylic acids is 1. The fourth-order valence-corrected chi connectivity index (χ4v) is 3.61. The smallest absolute Gasteiger partial charge is 0.232 e. The highest BCUT2D eigenvalue weighted by Crippen LogP contribution is 2.30. The highest BCUT2D eigenvalue weighted by molar-refractivity contribution is 9.10. The van der Waals surface area contributed by atoms with Gasteiger partial charge in [0.2, 0.25) is 17.6 Å². The van der Waals surface area contributed by atoms with Gasteiger partial charge in [0.1, 0.15) is 11.6 Å². The number of hydrogen-bond acceptors (Lipinski definition) is 5. The number of hydrogen-bond donors (Lipinski definition) is 0. The lowest BCUT2D eigenvalue weighted by Crippen LogP contribution is -2.24. The summed E-state index contributed by atoms with van der Waals surface area (Å²) in [5.74, 6) is 1.06. The molecule has 1 aliphatic rings. The van der Waals surface area contributed by atoms with E-state index in [0.717, 1.165) is 11.3 Å². The van der Waals surface area contributed by atoms with Gasteiger partial charge in [-0.2, -0.15) is 4.98 Å². The molecule has 0 bridgehead atoms. The monoisotopic (exact) mass is 445 g/mol. The molecule has 0 N–H and O–H groups in total. The van der Waals surface area contributed by atoms with Crippen LogP contribution in [0.2, 0.25) is 0 Å². The highest BCUT2D eigenvalue weighted by Gasteiger charge is 2.34. The zero-order valence-electron chi connectivity index (χ0n) is 15.1. The van der Waals surface area contributed by atoms with Gasteiger partial charge in [-0.15, -0.1) is 0 Å². The number of amides is 1. The summed E-state index contributed by atoms with van der Waals surface area (Å²) in [5, 5.41) is 3.98. The molecule has 1 atom stereocenters. The normalized spacial score (nSPS) is 16.6. The molecule has 1 fully saturated rings. The molecule has 144 valence electrons. The van der Waals surface area contributed by atoms with Gasteiger partial charge in [0.25, 0.3) is 0 Å². The highest BCUT2D eigenvalue weighted by atomic mass is 79.9. The number of methoxy groups -OCH3 is 1. The molecule has 2 heterocycles. The first-order chi connectivity index (χ1) is 13.5. The second-order valence-electron chi connectivity index (χ2n) is 6.61. The summed E-state index contributed by atoms with van der Waals surface area (Å²) in [7, 11) is 1.61. The number of nitrogens with zero attached hydrogens (tertiary/aromatic N) is 3. The maximum absolute atomic E-state index is 13.4. The minimum Gasteiger partial charge on any atom is -0.497 e. The van der Waals surface area contributed by atoms with Crippen molar-refractivity contribution in [2.75, 3.05) is 13.7 Å². The maximum Gasteiger partial charge on any atom is 0.232 e. The number of rotatable bonds is 5. The van der Waals surface area contributed by atoms with E-state index in [1.807, 2.05) is 24.3 Å². The van der Waals surface area contributed by atoms with E-state index in [0.29, 0.717) is 41.3 Å². The van der Waals surface area contributed by atoms with E-state index in [-0.39, 0.29) is 17.6 Å². The Hall–Kier alpha value is -2.74. The molecule has 3 aromatic rings. The van der Waals surface area contributed by atoms with Crippen LogP contribution in [0.15, 0.2) is 51.5 Å². The van der Waals surface area contributed by atoms with Crippen LogP contribution in [0.3, 0.4) is 0 Å². The van der Waals surface area contributed by atoms with Gasteiger partial charge < -0.3 is 14.2 Å². The van der Waals surface area contributed by atoms with Crippen LogP contribution >= 0.6 is 15.9 Å². The summed E-state index contributed by atoms with van der Waals surface area (Å²) in [5.41, 5.74) is 1.64. The Bertz CT molecular complexity index is 1020. The number of benzene rings is 2. The van der Waals surface area contributed by atoms with Crippen LogP contribution in [-0.4, -0.2) is 34.6 Å². The van der Waals surface area contributed by atoms with Gasteiger partial charge >= 0.3 is 0 Å². The average molecular weight is 446 g/mol. The van der Waals surface area contributed by atoms with Crippen LogP contribution < -0.4 is 4.74 Å². The first-order valence-corrected chi connectivity index (χ1v) is 9.52. The lowest BCUT2D eigenvalue weighted by Gasteiger charge is -2.16. The van der Waals surface area contributed by atoms with Crippen molar-refractivity contribution in [3.05, 3.63) is 64.2 Å². The van der Waals surface area contributed by atoms with Gasteiger partial charge in [0.05, 0.1) is 17.5 Å². The second-order valence-corrected chi connectivity index (χ2v) is 7.47. The quantitative estimate of drug-likeness (QED) is 0.589. The van der Waals surface area contributed by atoms with Crippen molar-refractivity contribution in [2.45, 2.75) is 18.9 Å². The van der Waals surface area contributed by atoms with Crippen molar-refractivity contribution >= 4 is 21.8 Å². The van der Waals surface area contributed by atoms with Crippen LogP contribution in [0, 0.1) is 5.82 Å². The molecule has 1 saturated heterocycles. The third-order valence-corrected chi connectivity index (χ3v) is 5.30. The predicted octanol–water partition coefficient (Wildman–Crippen LogP) is 4.16. The zero-order valence-corrected chi connectivity index (χ0v) is 16.6. The number of ether oxygens (including phenoxy) is 1. The summed E-state index contributed by atoms with van der Waals surface area (Å²) >= 11 is 3.15. The first-order valence-electron chi connectivity index (χ1n) is 8.73. The number of carbonyl (C=O) groups is 1. The topological polar surface area (TPSA) is 68.5 Å². The van der Waals surface area contributed by atoms with E-state index in [1.54, 1.807) is 24.1 Å². The lowest BCUT2D eigenvalue weighted by atomic mass is 10.1. The Morgan fingerprint density at radius 2 is 2.18 bits per heavy atom. The van der Waals surface area contributed by atoms with E-state index in [9.17, 15) is 9.18 Å². The first kappa shape index (κ1) is 18.6. The van der Waals surface area contributed by atoms with Gasteiger partial charge in [-0.05, 0) is 51.8 Å². The molecule has 8 heteroatoms. The lowest BCUT2D eigenvalue weighted by molar-refractivity contribution is -0.128. The Balaban J connectivity index is 1.48. The summed E-state index contributed by atoms with van der Waals surface area (Å²) in [4.78, 5) is 18.6. The largest absolute Gasteiger partial charge is 0.497 e. The second kappa shape index (κ2) is 7.71. The minimum absolute atomic E-state index is 0.0390. The van der Waals surface area contributed by atoms with Crippen molar-refractivity contribution in [1.29, 1.82) is 0 Å². The van der Waals surface area contributed by atoms with E-state index in [4.69, 9.17) is 9.26 Å². The van der Waals surface area contributed by atoms with Crippen molar-refractivity contribution < 1.29 is 18.4 Å². The van der Waals surface area contributed by atoms with Gasteiger partial charge in [-0.1, -0.05) is 17.3 Å². The molecule has 0 aliphatic carbocycles. The third kappa shape index (κ3) is 3.77. The molecule has 0 radical (unpaired) electrons. The number of likely N-dealkylation sites (tertiary alicyclic amines) is 1. The molecule has 1 aliphatic heterocycles. The van der Waals surface area contributed by atoms with Gasteiger partial charge in [-0.25, -0.2) is 4.39 Å². The Morgan fingerprint density at radius 3 is 2.96 bits per heavy atom. The SMILES string of the molecule is COc1cccc(CN2CC(c3nc(-c4ccc(F)c(Br)c4)no3)CC2=O)c1. The Morgan fingerprint density at radius 1 is 1.32 bits per heavy atom. The summed E-state index contributed by atoms with van der Waals surface area (Å²) < 4.78 is 24.4. The van der Waals surface area contributed by atoms with Crippen LogP contribution in [0.5, 0.6) is 5.75 Å². The van der Waals surface area contributed by atoms with E-state index < -0.39 is 0 Å². The number of halogens is 2. The summed E-state index contributed by atoms with van der Waals surface area (Å²) in [6, 6.07) is 12.2. The third-order valence-electron chi connectivity index (χ3n) is 4.69. The standard InChI is InChI=1S/C20H17BrFN3O3/c1-27-15-4-2-3-12(7-15)10-25-11-14(9-18(25)26)20-23-19(24-28-20)13-5-6-17(22)16(21)8-13/h2-8,14H,9-11H2,1H3. The zero-order chi connectivity index (χ0) is 19.7. The van der Waals surface area contributed by atoms with Gasteiger partial charge in [0.15, 0.2) is 0 Å². The minimum atomic E-state index is -0.359. The molecule has 0 spiro atoms. The molecule has 2 aromatic carbocycles. The molecule has 28 heavy (non-hydrogen) atoms. The van der Waals surface area contributed by atoms with E-state index >= 15 is 0 Å². The van der Waals surface area contributed by atoms with E-state index in [2.05, 4.69) is 26.1 Å². The molecule has 6 nitrogen and oxygen atoms in total. The molecule has 1 unspecified atom stereocenters. The van der Waals surface area contributed by atoms with Crippen molar-refractivity contribution in [3.63, 3.8) is 0 Å². The Kier molecular flexibility index (Phi) is 5.13. The predicted molar refractivity (Wildman–Crippen MR) is 103 cm³/mol. The van der Waals surface area contributed by atoms with Crippen LogP contribution in [0.25, 0.3) is 11.4 Å². The summed E-state index contributed by atoms with van der Waals surface area (Å²) in [6.07, 6.45) is 0.318. The molecule has 4 rings (SSSR count). The van der Waals surface area contributed by atoms with Crippen molar-refractivity contribution in [1.82, 2.24) is 15.0 Å². The molecule has 1 amide bonds. The van der Waals surface area contributed by atoms with Gasteiger partial charge in [-0.3, -0.25) is 4.79 Å². The Labute approximate surface area is 169 Å². The van der Waals surface area contributed by atoms with Crippen molar-refractivity contribution in [3.8, 4) is 17.1 Å². The van der Waals surface area contributed by atoms with Crippen molar-refractivity contribution in [2.24, 2.45) is 0 Å². The fraction of sp³-hybridized carbons (Fsp3) is 0.250. The molecule has 0 saturated carbocycles. The fourth-order valence-electron chi connectivity index (χ4n) is 3.24. The van der Waals surface area contributed by atoms with Crippen LogP contribution in [-0.2, 0) is 11.3 Å². The molecular weight excluding hydrogens is 429 g/mol. The molecule has 1 aromatic heterocycles. The summed E-state index contributed by atoms with van der Waals surface area (Å²) in [6.45, 7) is 1.00. The van der Waals surface area contributed by atoms with Crippen LogP contribution in [0.1, 0.15) is 23.8 Å². The van der Waals surface area contributed by atoms with E-state index in [1.165, 1.54) is 6.07 Å². The maximum atomic E-state index is 13.4. The average Bonchev–Trinajstić information content (AvgIpc) is 3.32. The number of aromatic nitrogens is 2. The van der Waals surface area contributed by atoms with Gasteiger partial charge in [0, 0.05) is 25.1 Å². The molecular formula is C20H17BrFN3O3.